The van der Waals surface area contributed by atoms with Crippen LogP contribution in [0.15, 0.2) is 58.6 Å². The number of aliphatic imine (C=N–C) groups is 1. The second kappa shape index (κ2) is 12.6. The molecule has 1 saturated carbocycles. The lowest BCUT2D eigenvalue weighted by atomic mass is 10.0. The van der Waals surface area contributed by atoms with Crippen LogP contribution >= 0.6 is 11.6 Å². The summed E-state index contributed by atoms with van der Waals surface area (Å²) in [5, 5.41) is 3.95. The van der Waals surface area contributed by atoms with Gasteiger partial charge in [-0.2, -0.15) is 13.2 Å². The third-order valence-electron chi connectivity index (χ3n) is 5.41. The number of ether oxygens (including phenoxy) is 1. The van der Waals surface area contributed by atoms with Gasteiger partial charge in [0.1, 0.15) is 5.17 Å². The SMILES string of the molecule is C=C(C)/C(=C\C=C/C)S(=O)(=O)NC(=O)CC(Cl)=N/C(=C\CC)n1ccc(OCCC2(C(F)(F)F)CC2)n1. The van der Waals surface area contributed by atoms with Gasteiger partial charge in [-0.3, -0.25) is 4.79 Å². The van der Waals surface area contributed by atoms with Crippen molar-refractivity contribution in [1.29, 1.82) is 0 Å². The van der Waals surface area contributed by atoms with Crippen molar-refractivity contribution >= 4 is 38.5 Å². The number of alkyl halides is 3. The average Bonchev–Trinajstić information content (AvgIpc) is 3.43. The maximum atomic E-state index is 13.1. The van der Waals surface area contributed by atoms with Crippen LogP contribution in [0.1, 0.15) is 52.9 Å². The topological polar surface area (TPSA) is 103 Å². The summed E-state index contributed by atoms with van der Waals surface area (Å²) in [6.07, 6.45) is 3.37. The number of carbonyl (C=O) groups excluding carboxylic acids is 1. The fourth-order valence-electron chi connectivity index (χ4n) is 3.24. The Hall–Kier alpha value is -2.86. The number of hydrogen-bond donors (Lipinski definition) is 1. The molecule has 8 nitrogen and oxygen atoms in total. The summed E-state index contributed by atoms with van der Waals surface area (Å²) in [6, 6.07) is 1.47. The van der Waals surface area contributed by atoms with E-state index in [1.807, 2.05) is 11.6 Å². The molecule has 0 aliphatic heterocycles. The molecule has 1 aliphatic rings. The molecule has 0 atom stereocenters. The number of sulfonamides is 1. The number of aromatic nitrogens is 2. The van der Waals surface area contributed by atoms with Gasteiger partial charge in [0.15, 0.2) is 5.82 Å². The summed E-state index contributed by atoms with van der Waals surface area (Å²) in [6.45, 7) is 8.51. The average molecular weight is 563 g/mol. The second-order valence-corrected chi connectivity index (χ2v) is 10.6. The Morgan fingerprint density at radius 3 is 2.62 bits per heavy atom. The van der Waals surface area contributed by atoms with Crippen molar-refractivity contribution in [1.82, 2.24) is 14.5 Å². The minimum Gasteiger partial charge on any atom is -0.477 e. The van der Waals surface area contributed by atoms with E-state index in [0.29, 0.717) is 6.42 Å². The number of carbonyl (C=O) groups is 1. The van der Waals surface area contributed by atoms with Crippen LogP contribution in [0.3, 0.4) is 0 Å². The predicted octanol–water partition coefficient (Wildman–Crippen LogP) is 5.71. The van der Waals surface area contributed by atoms with Crippen molar-refractivity contribution in [2.75, 3.05) is 6.61 Å². The molecular weight excluding hydrogens is 533 g/mol. The lowest BCUT2D eigenvalue weighted by Crippen LogP contribution is -2.32. The van der Waals surface area contributed by atoms with E-state index in [-0.39, 0.29) is 53.2 Å². The summed E-state index contributed by atoms with van der Waals surface area (Å²) in [5.41, 5.74) is -1.42. The lowest BCUT2D eigenvalue weighted by molar-refractivity contribution is -0.190. The van der Waals surface area contributed by atoms with Gasteiger partial charge in [0.2, 0.25) is 11.8 Å². The van der Waals surface area contributed by atoms with Crippen LogP contribution in [0.4, 0.5) is 13.2 Å². The molecule has 0 spiro atoms. The molecule has 1 fully saturated rings. The largest absolute Gasteiger partial charge is 0.477 e. The van der Waals surface area contributed by atoms with E-state index in [4.69, 9.17) is 16.3 Å². The van der Waals surface area contributed by atoms with Gasteiger partial charge in [0.05, 0.1) is 23.3 Å². The van der Waals surface area contributed by atoms with Gasteiger partial charge in [-0.05, 0) is 57.3 Å². The first kappa shape index (κ1) is 30.4. The zero-order chi connectivity index (χ0) is 27.9. The summed E-state index contributed by atoms with van der Waals surface area (Å²) in [5.74, 6) is -0.571. The molecule has 37 heavy (non-hydrogen) atoms. The van der Waals surface area contributed by atoms with Crippen LogP contribution in [0, 0.1) is 5.41 Å². The van der Waals surface area contributed by atoms with Gasteiger partial charge in [-0.15, -0.1) is 5.10 Å². The molecule has 1 heterocycles. The molecular formula is C24H30ClF3N4O4S. The molecule has 1 aromatic rings. The zero-order valence-corrected chi connectivity index (χ0v) is 22.4. The number of allylic oxidation sites excluding steroid dienone is 5. The van der Waals surface area contributed by atoms with Gasteiger partial charge in [0, 0.05) is 12.3 Å². The predicted molar refractivity (Wildman–Crippen MR) is 137 cm³/mol. The molecule has 0 aromatic carbocycles. The number of amides is 1. The van der Waals surface area contributed by atoms with Gasteiger partial charge in [0.25, 0.3) is 10.0 Å². The van der Waals surface area contributed by atoms with Crippen molar-refractivity contribution < 1.29 is 31.1 Å². The Morgan fingerprint density at radius 2 is 2.08 bits per heavy atom. The molecule has 204 valence electrons. The van der Waals surface area contributed by atoms with Gasteiger partial charge < -0.3 is 4.74 Å². The highest BCUT2D eigenvalue weighted by Gasteiger charge is 2.62. The van der Waals surface area contributed by atoms with Crippen LogP contribution in [0.25, 0.3) is 5.82 Å². The monoisotopic (exact) mass is 562 g/mol. The number of hydrogen-bond acceptors (Lipinski definition) is 6. The standard InChI is InChI=1S/C24H30ClF3N4O4S/c1-5-7-9-18(17(3)4)37(34,35)31-21(33)16-19(25)29-20(8-6-2)32-14-10-22(30-32)36-15-13-23(11-12-23)24(26,27)28/h5,7-10,14H,3,6,11-13,15-16H2,1-2,4H3,(H,31,33)/b7-5-,18-9+,20-8+,29-19?. The minimum absolute atomic E-state index is 0.0976. The first-order chi connectivity index (χ1) is 17.2. The number of nitrogens with zero attached hydrogens (tertiary/aromatic N) is 3. The van der Waals surface area contributed by atoms with E-state index in [1.54, 1.807) is 19.1 Å². The van der Waals surface area contributed by atoms with Crippen LogP contribution in [0.5, 0.6) is 5.88 Å². The van der Waals surface area contributed by atoms with Crippen LogP contribution < -0.4 is 9.46 Å². The zero-order valence-electron chi connectivity index (χ0n) is 20.8. The van der Waals surface area contributed by atoms with E-state index >= 15 is 0 Å². The number of nitrogens with one attached hydrogen (secondary N) is 1. The number of rotatable bonds is 13. The van der Waals surface area contributed by atoms with E-state index in [2.05, 4.69) is 16.7 Å². The molecule has 0 saturated heterocycles. The van der Waals surface area contributed by atoms with Crippen molar-refractivity contribution in [3.8, 4) is 5.88 Å². The molecule has 0 radical (unpaired) electrons. The highest BCUT2D eigenvalue weighted by Crippen LogP contribution is 2.59. The van der Waals surface area contributed by atoms with Crippen molar-refractivity contribution in [2.24, 2.45) is 10.4 Å². The lowest BCUT2D eigenvalue weighted by Gasteiger charge is -2.18. The molecule has 1 amide bonds. The van der Waals surface area contributed by atoms with E-state index in [9.17, 15) is 26.4 Å². The Labute approximate surface area is 219 Å². The fourth-order valence-corrected chi connectivity index (χ4v) is 4.65. The van der Waals surface area contributed by atoms with Crippen molar-refractivity contribution in [3.63, 3.8) is 0 Å². The summed E-state index contributed by atoms with van der Waals surface area (Å²) >= 11 is 6.13. The summed E-state index contributed by atoms with van der Waals surface area (Å²) in [7, 11) is -4.17. The first-order valence-corrected chi connectivity index (χ1v) is 13.3. The molecule has 1 N–H and O–H groups in total. The van der Waals surface area contributed by atoms with Gasteiger partial charge >= 0.3 is 6.18 Å². The number of halogens is 4. The second-order valence-electron chi connectivity index (χ2n) is 8.48. The summed E-state index contributed by atoms with van der Waals surface area (Å²) < 4.78 is 72.9. The minimum atomic E-state index is -4.25. The highest BCUT2D eigenvalue weighted by molar-refractivity contribution is 7.94. The fraction of sp³-hybridized carbons (Fsp3) is 0.458. The first-order valence-electron chi connectivity index (χ1n) is 11.5. The quantitative estimate of drug-likeness (QED) is 0.245. The maximum Gasteiger partial charge on any atom is 0.394 e. The molecule has 0 bridgehead atoms. The van der Waals surface area contributed by atoms with E-state index < -0.39 is 33.9 Å². The van der Waals surface area contributed by atoms with Crippen molar-refractivity contribution in [2.45, 2.75) is 59.1 Å². The molecule has 13 heteroatoms. The summed E-state index contributed by atoms with van der Waals surface area (Å²) in [4.78, 5) is 16.4. The van der Waals surface area contributed by atoms with Crippen LogP contribution in [0.2, 0.25) is 0 Å². The third-order valence-corrected chi connectivity index (χ3v) is 7.19. The third kappa shape index (κ3) is 8.60. The van der Waals surface area contributed by atoms with Crippen LogP contribution in [-0.4, -0.2) is 42.1 Å². The maximum absolute atomic E-state index is 13.1. The molecule has 1 aliphatic carbocycles. The molecule has 2 rings (SSSR count). The van der Waals surface area contributed by atoms with E-state index in [0.717, 1.165) is 0 Å². The highest BCUT2D eigenvalue weighted by atomic mass is 35.5. The molecule has 0 unspecified atom stereocenters. The Bertz CT molecular complexity index is 1230. The Balaban J connectivity index is 2.05. The smallest absolute Gasteiger partial charge is 0.394 e. The van der Waals surface area contributed by atoms with Crippen molar-refractivity contribution in [3.05, 3.63) is 53.6 Å². The Kier molecular flexibility index (Phi) is 10.3. The van der Waals surface area contributed by atoms with Gasteiger partial charge in [-0.1, -0.05) is 37.3 Å². The molecule has 1 aromatic heterocycles. The van der Waals surface area contributed by atoms with Crippen LogP contribution in [-0.2, 0) is 14.8 Å². The Morgan fingerprint density at radius 1 is 1.41 bits per heavy atom. The normalized spacial score (nSPS) is 16.7. The van der Waals surface area contributed by atoms with E-state index in [1.165, 1.54) is 36.0 Å². The van der Waals surface area contributed by atoms with Gasteiger partial charge in [-0.25, -0.2) is 22.8 Å².